The molecule has 0 unspecified atom stereocenters. The standard InChI is InChI=1S/C7H6S2Te/c8-7(9)10-6-4-2-1-3-5-6/h1-5H,(H,8,9). The molecular weight excluding hydrogens is 276 g/mol. The van der Waals surface area contributed by atoms with Crippen LogP contribution in [0.4, 0.5) is 0 Å². The number of thiol groups is 1. The maximum absolute atomic E-state index is 4.90. The van der Waals surface area contributed by atoms with Gasteiger partial charge in [0.05, 0.1) is 0 Å². The van der Waals surface area contributed by atoms with Crippen molar-refractivity contribution in [2.45, 2.75) is 0 Å². The molecule has 0 aliphatic carbocycles. The topological polar surface area (TPSA) is 0 Å². The Labute approximate surface area is 81.5 Å². The second-order valence-electron chi connectivity index (χ2n) is 1.68. The molecule has 0 spiro atoms. The predicted molar refractivity (Wildman–Crippen MR) is 53.4 cm³/mol. The van der Waals surface area contributed by atoms with Gasteiger partial charge in [0.15, 0.2) is 0 Å². The summed E-state index contributed by atoms with van der Waals surface area (Å²) in [6.45, 7) is 0. The van der Waals surface area contributed by atoms with E-state index < -0.39 is 0 Å². The second-order valence-corrected chi connectivity index (χ2v) is 7.68. The summed E-state index contributed by atoms with van der Waals surface area (Å²) in [5, 5.41) is 0. The zero-order valence-electron chi connectivity index (χ0n) is 5.15. The molecule has 52 valence electrons. The van der Waals surface area contributed by atoms with Crippen LogP contribution in [0.1, 0.15) is 0 Å². The quantitative estimate of drug-likeness (QED) is 0.483. The van der Waals surface area contributed by atoms with Gasteiger partial charge in [-0.2, -0.15) is 0 Å². The summed E-state index contributed by atoms with van der Waals surface area (Å²) in [5.74, 6) is 0. The van der Waals surface area contributed by atoms with E-state index in [0.717, 1.165) is 2.24 Å². The third-order valence-corrected chi connectivity index (χ3v) is 4.07. The van der Waals surface area contributed by atoms with Gasteiger partial charge in [-0.3, -0.25) is 0 Å². The number of hydrogen-bond acceptors (Lipinski definition) is 1. The maximum atomic E-state index is 4.90. The SMILES string of the molecule is S=C(S)[Te]c1ccccc1. The molecule has 0 saturated heterocycles. The van der Waals surface area contributed by atoms with Crippen LogP contribution >= 0.6 is 24.8 Å². The van der Waals surface area contributed by atoms with Crippen LogP contribution in [0.2, 0.25) is 0 Å². The molecule has 3 heteroatoms. The Morgan fingerprint density at radius 1 is 1.30 bits per heavy atom. The first kappa shape index (κ1) is 8.55. The number of benzene rings is 1. The molecule has 0 N–H and O–H groups in total. The fraction of sp³-hybridized carbons (Fsp3) is 0. The van der Waals surface area contributed by atoms with Crippen molar-refractivity contribution in [3.8, 4) is 0 Å². The normalized spacial score (nSPS) is 9.30. The van der Waals surface area contributed by atoms with Gasteiger partial charge in [0, 0.05) is 0 Å². The second kappa shape index (κ2) is 4.35. The van der Waals surface area contributed by atoms with Crippen molar-refractivity contribution in [1.29, 1.82) is 0 Å². The van der Waals surface area contributed by atoms with E-state index in [0.29, 0.717) is 0 Å². The van der Waals surface area contributed by atoms with Crippen molar-refractivity contribution in [3.05, 3.63) is 30.3 Å². The van der Waals surface area contributed by atoms with E-state index in [2.05, 4.69) is 24.8 Å². The van der Waals surface area contributed by atoms with Gasteiger partial charge in [-0.1, -0.05) is 0 Å². The van der Waals surface area contributed by atoms with E-state index in [9.17, 15) is 0 Å². The molecule has 0 atom stereocenters. The van der Waals surface area contributed by atoms with Crippen LogP contribution in [0, 0.1) is 0 Å². The summed E-state index contributed by atoms with van der Waals surface area (Å²) < 4.78 is 2.23. The van der Waals surface area contributed by atoms with Gasteiger partial charge in [0.25, 0.3) is 0 Å². The van der Waals surface area contributed by atoms with E-state index >= 15 is 0 Å². The zero-order valence-corrected chi connectivity index (χ0v) is 9.19. The Balaban J connectivity index is 2.67. The zero-order chi connectivity index (χ0) is 7.40. The molecule has 0 nitrogen and oxygen atoms in total. The Morgan fingerprint density at radius 3 is 2.40 bits per heavy atom. The summed E-state index contributed by atoms with van der Waals surface area (Å²) in [5.41, 5.74) is 0. The minimum atomic E-state index is -0.306. The van der Waals surface area contributed by atoms with Crippen LogP contribution < -0.4 is 3.61 Å². The van der Waals surface area contributed by atoms with Crippen molar-refractivity contribution in [2.75, 3.05) is 0 Å². The Kier molecular flexibility index (Phi) is 3.72. The van der Waals surface area contributed by atoms with Gasteiger partial charge in [-0.05, 0) is 0 Å². The average molecular weight is 282 g/mol. The van der Waals surface area contributed by atoms with Crippen LogP contribution in [0.3, 0.4) is 0 Å². The summed E-state index contributed by atoms with van der Waals surface area (Å²) in [6.07, 6.45) is 0. The van der Waals surface area contributed by atoms with E-state index in [1.807, 2.05) is 18.2 Å². The van der Waals surface area contributed by atoms with E-state index in [1.165, 1.54) is 3.61 Å². The Bertz CT molecular complexity index is 220. The van der Waals surface area contributed by atoms with Crippen molar-refractivity contribution < 1.29 is 0 Å². The molecule has 0 aliphatic rings. The van der Waals surface area contributed by atoms with Crippen LogP contribution in [-0.4, -0.2) is 23.2 Å². The molecule has 0 aromatic heterocycles. The van der Waals surface area contributed by atoms with E-state index in [-0.39, 0.29) is 20.9 Å². The van der Waals surface area contributed by atoms with Crippen molar-refractivity contribution in [1.82, 2.24) is 0 Å². The minimum absolute atomic E-state index is 0.306. The fourth-order valence-corrected chi connectivity index (χ4v) is 3.35. The first-order valence-electron chi connectivity index (χ1n) is 2.75. The van der Waals surface area contributed by atoms with Crippen molar-refractivity contribution >= 4 is 51.6 Å². The summed E-state index contributed by atoms with van der Waals surface area (Å²) in [4.78, 5) is 0. The van der Waals surface area contributed by atoms with Crippen LogP contribution in [0.25, 0.3) is 0 Å². The van der Waals surface area contributed by atoms with Gasteiger partial charge < -0.3 is 0 Å². The van der Waals surface area contributed by atoms with Crippen molar-refractivity contribution in [2.24, 2.45) is 0 Å². The molecule has 1 aromatic rings. The third-order valence-electron chi connectivity index (χ3n) is 0.948. The molecule has 10 heavy (non-hydrogen) atoms. The first-order chi connectivity index (χ1) is 4.79. The van der Waals surface area contributed by atoms with Crippen LogP contribution in [-0.2, 0) is 0 Å². The third kappa shape index (κ3) is 3.03. The molecule has 0 heterocycles. The molecule has 0 saturated carbocycles. The number of hydrogen-bond donors (Lipinski definition) is 1. The molecule has 0 bridgehead atoms. The van der Waals surface area contributed by atoms with Gasteiger partial charge >= 0.3 is 82.0 Å². The predicted octanol–water partition coefficient (Wildman–Crippen LogP) is 1.23. The first-order valence-corrected chi connectivity index (χ1v) is 5.93. The molecular formula is C7H6S2Te. The van der Waals surface area contributed by atoms with Gasteiger partial charge in [0.1, 0.15) is 0 Å². The van der Waals surface area contributed by atoms with E-state index in [1.54, 1.807) is 0 Å². The molecule has 0 amide bonds. The van der Waals surface area contributed by atoms with Crippen LogP contribution in [0.15, 0.2) is 30.3 Å². The molecule has 1 rings (SSSR count). The molecule has 0 radical (unpaired) electrons. The summed E-state index contributed by atoms with van der Waals surface area (Å²) in [7, 11) is 0. The molecule has 1 aromatic carbocycles. The Hall–Kier alpha value is 0.450. The van der Waals surface area contributed by atoms with Gasteiger partial charge in [-0.15, -0.1) is 0 Å². The van der Waals surface area contributed by atoms with Gasteiger partial charge in [0.2, 0.25) is 0 Å². The number of thiocarbonyl (C=S) groups is 1. The van der Waals surface area contributed by atoms with Gasteiger partial charge in [-0.25, -0.2) is 0 Å². The average Bonchev–Trinajstić information content (AvgIpc) is 1.88. The number of rotatable bonds is 2. The van der Waals surface area contributed by atoms with Crippen molar-refractivity contribution in [3.63, 3.8) is 0 Å². The summed E-state index contributed by atoms with van der Waals surface area (Å²) in [6, 6.07) is 10.3. The monoisotopic (exact) mass is 284 g/mol. The van der Waals surface area contributed by atoms with Crippen LogP contribution in [0.5, 0.6) is 0 Å². The fourth-order valence-electron chi connectivity index (χ4n) is 0.589. The Morgan fingerprint density at radius 2 is 1.90 bits per heavy atom. The van der Waals surface area contributed by atoms with E-state index in [4.69, 9.17) is 12.2 Å². The summed E-state index contributed by atoms with van der Waals surface area (Å²) >= 11 is 8.69. The molecule has 0 fully saturated rings. The molecule has 0 aliphatic heterocycles.